The lowest BCUT2D eigenvalue weighted by Crippen LogP contribution is -2.49. The Hall–Kier alpha value is -2.93. The molecule has 1 aliphatic rings. The highest BCUT2D eigenvalue weighted by atomic mass is 19.1. The van der Waals surface area contributed by atoms with Crippen LogP contribution in [-0.2, 0) is 13.1 Å². The molecule has 3 rings (SSSR count). The summed E-state index contributed by atoms with van der Waals surface area (Å²) in [6.07, 6.45) is 1.77. The normalized spacial score (nSPS) is 14.3. The van der Waals surface area contributed by atoms with Crippen LogP contribution >= 0.6 is 0 Å². The fourth-order valence-electron chi connectivity index (χ4n) is 3.67. The van der Waals surface area contributed by atoms with Gasteiger partial charge >= 0.3 is 6.03 Å². The van der Waals surface area contributed by atoms with Gasteiger partial charge in [0, 0.05) is 30.7 Å². The van der Waals surface area contributed by atoms with Crippen LogP contribution in [0.5, 0.6) is 0 Å². The van der Waals surface area contributed by atoms with Crippen LogP contribution in [0.25, 0.3) is 0 Å². The molecular weight excluding hydrogens is 395 g/mol. The quantitative estimate of drug-likeness (QED) is 0.635. The van der Waals surface area contributed by atoms with E-state index in [0.29, 0.717) is 18.7 Å². The van der Waals surface area contributed by atoms with Crippen molar-refractivity contribution in [3.8, 4) is 0 Å². The molecule has 1 heterocycles. The number of hydrogen-bond donors (Lipinski definition) is 3. The second-order valence-corrected chi connectivity index (χ2v) is 8.22. The number of amides is 3. The standard InChI is InChI=1S/C24H31FN4O2/c1-17(2)28-23(30)20-7-3-18(4-8-20)15-27-24(31)29(22-11-13-26-14-12-22)16-19-5-9-21(25)10-6-19/h3-10,17,22,26H,11-16H2,1-2H3,(H,27,31)(H,28,30). The van der Waals surface area contributed by atoms with Gasteiger partial charge in [0.15, 0.2) is 0 Å². The smallest absolute Gasteiger partial charge is 0.318 e. The fourth-order valence-corrected chi connectivity index (χ4v) is 3.67. The summed E-state index contributed by atoms with van der Waals surface area (Å²) in [6, 6.07) is 13.6. The van der Waals surface area contributed by atoms with E-state index in [1.165, 1.54) is 12.1 Å². The lowest BCUT2D eigenvalue weighted by atomic mass is 10.0. The van der Waals surface area contributed by atoms with E-state index in [1.807, 2.05) is 30.9 Å². The first-order chi connectivity index (χ1) is 14.9. The second kappa shape index (κ2) is 10.9. The predicted octanol–water partition coefficient (Wildman–Crippen LogP) is 3.43. The fraction of sp³-hybridized carbons (Fsp3) is 0.417. The Kier molecular flexibility index (Phi) is 8.00. The van der Waals surface area contributed by atoms with Crippen molar-refractivity contribution in [1.82, 2.24) is 20.9 Å². The molecule has 2 aromatic carbocycles. The summed E-state index contributed by atoms with van der Waals surface area (Å²) in [7, 11) is 0. The predicted molar refractivity (Wildman–Crippen MR) is 119 cm³/mol. The van der Waals surface area contributed by atoms with E-state index in [2.05, 4.69) is 16.0 Å². The highest BCUT2D eigenvalue weighted by molar-refractivity contribution is 5.94. The zero-order valence-electron chi connectivity index (χ0n) is 18.2. The van der Waals surface area contributed by atoms with Crippen molar-refractivity contribution < 1.29 is 14.0 Å². The molecule has 3 N–H and O–H groups in total. The number of halogens is 1. The van der Waals surface area contributed by atoms with Crippen LogP contribution in [0.1, 0.15) is 48.2 Å². The van der Waals surface area contributed by atoms with Gasteiger partial charge in [-0.1, -0.05) is 24.3 Å². The van der Waals surface area contributed by atoms with Gasteiger partial charge in [-0.25, -0.2) is 9.18 Å². The average molecular weight is 427 g/mol. The topological polar surface area (TPSA) is 73.5 Å². The van der Waals surface area contributed by atoms with E-state index < -0.39 is 0 Å². The van der Waals surface area contributed by atoms with Crippen molar-refractivity contribution in [2.45, 2.75) is 51.9 Å². The number of urea groups is 1. The second-order valence-electron chi connectivity index (χ2n) is 8.22. The molecule has 0 saturated carbocycles. The minimum atomic E-state index is -0.285. The molecule has 0 unspecified atom stereocenters. The Morgan fingerprint density at radius 1 is 1.03 bits per heavy atom. The van der Waals surface area contributed by atoms with Crippen molar-refractivity contribution in [3.63, 3.8) is 0 Å². The van der Waals surface area contributed by atoms with E-state index >= 15 is 0 Å². The van der Waals surface area contributed by atoms with Gasteiger partial charge in [-0.05, 0) is 75.2 Å². The van der Waals surface area contributed by atoms with Gasteiger partial charge in [-0.15, -0.1) is 0 Å². The molecule has 0 spiro atoms. The van der Waals surface area contributed by atoms with Crippen molar-refractivity contribution in [3.05, 3.63) is 71.0 Å². The van der Waals surface area contributed by atoms with Gasteiger partial charge in [0.1, 0.15) is 5.82 Å². The Bertz CT molecular complexity index is 862. The molecule has 0 aromatic heterocycles. The number of nitrogens with one attached hydrogen (secondary N) is 3. The molecule has 2 aromatic rings. The molecule has 3 amide bonds. The van der Waals surface area contributed by atoms with Crippen LogP contribution in [0.4, 0.5) is 9.18 Å². The maximum absolute atomic E-state index is 13.3. The summed E-state index contributed by atoms with van der Waals surface area (Å²) in [4.78, 5) is 27.0. The molecule has 31 heavy (non-hydrogen) atoms. The van der Waals surface area contributed by atoms with Gasteiger partial charge in [-0.2, -0.15) is 0 Å². The molecule has 166 valence electrons. The maximum atomic E-state index is 13.3. The van der Waals surface area contributed by atoms with E-state index in [-0.39, 0.29) is 29.8 Å². The molecule has 1 fully saturated rings. The number of nitrogens with zero attached hydrogens (tertiary/aromatic N) is 1. The summed E-state index contributed by atoms with van der Waals surface area (Å²) in [5.74, 6) is -0.394. The van der Waals surface area contributed by atoms with Crippen LogP contribution in [0.3, 0.4) is 0 Å². The van der Waals surface area contributed by atoms with Gasteiger partial charge in [0.05, 0.1) is 0 Å². The number of carbonyl (C=O) groups excluding carboxylic acids is 2. The van der Waals surface area contributed by atoms with Crippen molar-refractivity contribution in [2.24, 2.45) is 0 Å². The lowest BCUT2D eigenvalue weighted by Gasteiger charge is -2.35. The van der Waals surface area contributed by atoms with Gasteiger partial charge in [0.2, 0.25) is 0 Å². The minimum absolute atomic E-state index is 0.0774. The Balaban J connectivity index is 1.62. The first kappa shape index (κ1) is 22.7. The summed E-state index contributed by atoms with van der Waals surface area (Å²) < 4.78 is 13.3. The third-order valence-corrected chi connectivity index (χ3v) is 5.36. The summed E-state index contributed by atoms with van der Waals surface area (Å²) in [6.45, 7) is 6.39. The number of hydrogen-bond acceptors (Lipinski definition) is 3. The number of carbonyl (C=O) groups is 2. The Morgan fingerprint density at radius 3 is 2.26 bits per heavy atom. The van der Waals surface area contributed by atoms with Gasteiger partial charge < -0.3 is 20.9 Å². The van der Waals surface area contributed by atoms with E-state index in [9.17, 15) is 14.0 Å². The summed E-state index contributed by atoms with van der Waals surface area (Å²) in [5, 5.41) is 9.19. The van der Waals surface area contributed by atoms with Gasteiger partial charge in [0.25, 0.3) is 5.91 Å². The first-order valence-electron chi connectivity index (χ1n) is 10.8. The molecule has 6 nitrogen and oxygen atoms in total. The van der Waals surface area contributed by atoms with Crippen molar-refractivity contribution in [2.75, 3.05) is 13.1 Å². The lowest BCUT2D eigenvalue weighted by molar-refractivity contribution is 0.0943. The largest absolute Gasteiger partial charge is 0.350 e. The van der Waals surface area contributed by atoms with E-state index in [4.69, 9.17) is 0 Å². The monoisotopic (exact) mass is 426 g/mol. The molecule has 0 bridgehead atoms. The minimum Gasteiger partial charge on any atom is -0.350 e. The molecule has 1 aliphatic heterocycles. The van der Waals surface area contributed by atoms with Crippen LogP contribution in [0.15, 0.2) is 48.5 Å². The molecule has 1 saturated heterocycles. The van der Waals surface area contributed by atoms with Crippen LogP contribution in [-0.4, -0.2) is 42.0 Å². The average Bonchev–Trinajstić information content (AvgIpc) is 2.77. The van der Waals surface area contributed by atoms with E-state index in [1.54, 1.807) is 24.3 Å². The zero-order valence-corrected chi connectivity index (χ0v) is 18.2. The Morgan fingerprint density at radius 2 is 1.65 bits per heavy atom. The van der Waals surface area contributed by atoms with Gasteiger partial charge in [-0.3, -0.25) is 4.79 Å². The molecule has 0 atom stereocenters. The number of rotatable bonds is 7. The summed E-state index contributed by atoms with van der Waals surface area (Å²) in [5.41, 5.74) is 2.41. The SMILES string of the molecule is CC(C)NC(=O)c1ccc(CNC(=O)N(Cc2ccc(F)cc2)C2CCNCC2)cc1. The first-order valence-corrected chi connectivity index (χ1v) is 10.8. The number of piperidine rings is 1. The maximum Gasteiger partial charge on any atom is 0.318 e. The zero-order chi connectivity index (χ0) is 22.2. The van der Waals surface area contributed by atoms with Crippen molar-refractivity contribution in [1.29, 1.82) is 0 Å². The Labute approximate surface area is 183 Å². The molecular formula is C24H31FN4O2. The van der Waals surface area contributed by atoms with Crippen molar-refractivity contribution >= 4 is 11.9 Å². The highest BCUT2D eigenvalue weighted by Crippen LogP contribution is 2.17. The molecule has 7 heteroatoms. The van der Waals surface area contributed by atoms with E-state index in [0.717, 1.165) is 37.1 Å². The number of benzene rings is 2. The van der Waals surface area contributed by atoms with Crippen LogP contribution in [0.2, 0.25) is 0 Å². The molecule has 0 radical (unpaired) electrons. The summed E-state index contributed by atoms with van der Waals surface area (Å²) >= 11 is 0. The van der Waals surface area contributed by atoms with Crippen LogP contribution in [0, 0.1) is 5.82 Å². The third kappa shape index (κ3) is 6.79. The van der Waals surface area contributed by atoms with Crippen LogP contribution < -0.4 is 16.0 Å². The molecule has 0 aliphatic carbocycles. The highest BCUT2D eigenvalue weighted by Gasteiger charge is 2.25. The third-order valence-electron chi connectivity index (χ3n) is 5.36.